The fourth-order valence-corrected chi connectivity index (χ4v) is 9.81. The topological polar surface area (TPSA) is 161 Å². The van der Waals surface area contributed by atoms with Crippen molar-refractivity contribution in [2.75, 3.05) is 43.9 Å². The van der Waals surface area contributed by atoms with E-state index in [4.69, 9.17) is 9.84 Å². The van der Waals surface area contributed by atoms with Gasteiger partial charge in [-0.05, 0) is 81.2 Å². The van der Waals surface area contributed by atoms with E-state index in [1.807, 2.05) is 11.7 Å². The lowest BCUT2D eigenvalue weighted by molar-refractivity contribution is -0.134. The summed E-state index contributed by atoms with van der Waals surface area (Å²) in [7, 11) is -1.55. The van der Waals surface area contributed by atoms with Crippen molar-refractivity contribution in [2.24, 2.45) is 7.05 Å². The zero-order chi connectivity index (χ0) is 35.9. The van der Waals surface area contributed by atoms with Gasteiger partial charge in [-0.1, -0.05) is 0 Å². The third-order valence-electron chi connectivity index (χ3n) is 10.8. The predicted octanol–water partition coefficient (Wildman–Crippen LogP) is 3.04. The standard InChI is InChI=1S/C34H44F2N8O6S/c1-20-12-28-29(42(2)41-31(28)26-4-5-30(45)40-32(26)46)15-27(20)21-13-23-18-49-19-24(14-21)44(23)8-3-11-51(47,48)43-9-6-22(7-10-43)39-34-37-16-25(17-38-34)50-33(35)36/h12,15-17,21-24,26,33H,3-11,13-14,18-19H2,1-2H3,(H,37,38,39)(H,40,45,46). The molecule has 0 spiro atoms. The number of alkyl halides is 2. The Hall–Kier alpha value is -3.80. The maximum atomic E-state index is 13.3. The molecule has 3 aromatic rings. The van der Waals surface area contributed by atoms with E-state index < -0.39 is 22.6 Å². The Bertz CT molecular complexity index is 1850. The van der Waals surface area contributed by atoms with Gasteiger partial charge in [0.2, 0.25) is 27.8 Å². The lowest BCUT2D eigenvalue weighted by atomic mass is 9.79. The smallest absolute Gasteiger partial charge is 0.387 e. The number of sulfonamides is 1. The molecule has 4 fully saturated rings. The molecule has 3 atom stereocenters. The van der Waals surface area contributed by atoms with Gasteiger partial charge in [-0.25, -0.2) is 22.7 Å². The second-order valence-corrected chi connectivity index (χ2v) is 16.2. The fourth-order valence-electron chi connectivity index (χ4n) is 8.29. The molecular formula is C34H44F2N8O6S. The van der Waals surface area contributed by atoms with Crippen LogP contribution in [0, 0.1) is 6.92 Å². The van der Waals surface area contributed by atoms with Gasteiger partial charge in [-0.3, -0.25) is 24.5 Å². The summed E-state index contributed by atoms with van der Waals surface area (Å²) < 4.78 is 65.1. The molecule has 0 saturated carbocycles. The highest BCUT2D eigenvalue weighted by Gasteiger charge is 2.40. The van der Waals surface area contributed by atoms with Crippen LogP contribution in [0.4, 0.5) is 14.7 Å². The molecule has 4 aliphatic rings. The zero-order valence-electron chi connectivity index (χ0n) is 28.8. The second kappa shape index (κ2) is 14.7. The highest BCUT2D eigenvalue weighted by atomic mass is 32.2. The van der Waals surface area contributed by atoms with Crippen LogP contribution in [-0.2, 0) is 31.4 Å². The van der Waals surface area contributed by atoms with Gasteiger partial charge in [-0.2, -0.15) is 13.9 Å². The number of benzene rings is 1. The van der Waals surface area contributed by atoms with Crippen LogP contribution in [0.2, 0.25) is 0 Å². The van der Waals surface area contributed by atoms with Gasteiger partial charge in [-0.15, -0.1) is 0 Å². The van der Waals surface area contributed by atoms with Crippen LogP contribution in [0.15, 0.2) is 24.5 Å². The van der Waals surface area contributed by atoms with Crippen molar-refractivity contribution >= 4 is 38.7 Å². The maximum absolute atomic E-state index is 13.3. The number of carbonyl (C=O) groups excluding carboxylic acids is 2. The van der Waals surface area contributed by atoms with E-state index in [1.54, 1.807) is 4.31 Å². The number of imide groups is 1. The first-order chi connectivity index (χ1) is 24.4. The normalized spacial score (nSPS) is 25.4. The van der Waals surface area contributed by atoms with Crippen LogP contribution in [0.3, 0.4) is 0 Å². The number of hydrogen-bond acceptors (Lipinski definition) is 11. The molecule has 1 aromatic carbocycles. The minimum Gasteiger partial charge on any atom is -0.432 e. The van der Waals surface area contributed by atoms with Gasteiger partial charge >= 0.3 is 6.61 Å². The number of morpholine rings is 1. The predicted molar refractivity (Wildman–Crippen MR) is 183 cm³/mol. The number of nitrogens with zero attached hydrogens (tertiary/aromatic N) is 6. The Balaban J connectivity index is 0.929. The minimum absolute atomic E-state index is 0.0337. The molecule has 2 N–H and O–H groups in total. The van der Waals surface area contributed by atoms with E-state index in [0.29, 0.717) is 76.6 Å². The van der Waals surface area contributed by atoms with Crippen molar-refractivity contribution in [2.45, 2.75) is 88.4 Å². The molecule has 3 unspecified atom stereocenters. The Kier molecular flexibility index (Phi) is 10.2. The molecular weight excluding hydrogens is 686 g/mol. The third-order valence-corrected chi connectivity index (χ3v) is 12.8. The number of amides is 2. The van der Waals surface area contributed by atoms with Crippen LogP contribution in [0.1, 0.15) is 73.6 Å². The summed E-state index contributed by atoms with van der Waals surface area (Å²) in [6, 6.07) is 4.69. The van der Waals surface area contributed by atoms with Crippen molar-refractivity contribution < 1.29 is 36.3 Å². The Morgan fingerprint density at radius 2 is 1.78 bits per heavy atom. The van der Waals surface area contributed by atoms with E-state index in [9.17, 15) is 26.8 Å². The highest BCUT2D eigenvalue weighted by Crippen LogP contribution is 2.41. The lowest BCUT2D eigenvalue weighted by Crippen LogP contribution is -2.56. The summed E-state index contributed by atoms with van der Waals surface area (Å²) in [5, 5.41) is 11.3. The molecule has 7 rings (SSSR count). The average molecular weight is 731 g/mol. The summed E-state index contributed by atoms with van der Waals surface area (Å²) in [4.78, 5) is 34.9. The Labute approximate surface area is 295 Å². The van der Waals surface area contributed by atoms with Crippen LogP contribution in [0.5, 0.6) is 5.75 Å². The molecule has 2 aromatic heterocycles. The molecule has 2 amide bonds. The number of hydrogen-bond donors (Lipinski definition) is 2. The second-order valence-electron chi connectivity index (χ2n) is 14.1. The van der Waals surface area contributed by atoms with Gasteiger partial charge in [0.25, 0.3) is 0 Å². The molecule has 0 radical (unpaired) electrons. The monoisotopic (exact) mass is 730 g/mol. The molecule has 17 heteroatoms. The van der Waals surface area contributed by atoms with Crippen molar-refractivity contribution in [3.8, 4) is 5.75 Å². The van der Waals surface area contributed by atoms with Gasteiger partial charge in [0, 0.05) is 50.1 Å². The molecule has 4 aliphatic heterocycles. The number of rotatable bonds is 11. The summed E-state index contributed by atoms with van der Waals surface area (Å²) >= 11 is 0. The van der Waals surface area contributed by atoms with E-state index in [-0.39, 0.29) is 47.4 Å². The molecule has 2 bridgehead atoms. The van der Waals surface area contributed by atoms with Crippen LogP contribution < -0.4 is 15.4 Å². The molecule has 6 heterocycles. The van der Waals surface area contributed by atoms with E-state index >= 15 is 0 Å². The molecule has 4 saturated heterocycles. The number of anilines is 1. The van der Waals surface area contributed by atoms with Crippen LogP contribution in [0.25, 0.3) is 10.9 Å². The molecule has 51 heavy (non-hydrogen) atoms. The first kappa shape index (κ1) is 35.6. The number of aromatic nitrogens is 4. The first-order valence-electron chi connectivity index (χ1n) is 17.6. The average Bonchev–Trinajstić information content (AvgIpc) is 3.39. The van der Waals surface area contributed by atoms with Gasteiger partial charge in [0.15, 0.2) is 5.75 Å². The van der Waals surface area contributed by atoms with E-state index in [2.05, 4.69) is 49.3 Å². The summed E-state index contributed by atoms with van der Waals surface area (Å²) in [5.74, 6) is -0.442. The number of carbonyl (C=O) groups is 2. The molecule has 0 aliphatic carbocycles. The number of nitrogens with one attached hydrogen (secondary N) is 2. The Morgan fingerprint density at radius 3 is 2.45 bits per heavy atom. The number of aryl methyl sites for hydroxylation is 2. The summed E-state index contributed by atoms with van der Waals surface area (Å²) in [6.07, 6.45) is 6.60. The van der Waals surface area contributed by atoms with Crippen LogP contribution in [-0.4, -0.2) is 113 Å². The SMILES string of the molecule is Cc1cc2c(C3CCC(=O)NC3=O)nn(C)c2cc1C1CC2COCC(C1)N2CCCS(=O)(=O)N1CCC(Nc2ncc(OC(F)F)cn2)CC1. The summed E-state index contributed by atoms with van der Waals surface area (Å²) in [5.41, 5.74) is 4.10. The fraction of sp³-hybridized carbons (Fsp3) is 0.618. The quantitative estimate of drug-likeness (QED) is 0.279. The number of fused-ring (bicyclic) bond motifs is 3. The maximum Gasteiger partial charge on any atom is 0.387 e. The first-order valence-corrected chi connectivity index (χ1v) is 19.2. The van der Waals surface area contributed by atoms with Crippen molar-refractivity contribution in [1.29, 1.82) is 0 Å². The van der Waals surface area contributed by atoms with Gasteiger partial charge in [0.05, 0.1) is 48.5 Å². The highest BCUT2D eigenvalue weighted by molar-refractivity contribution is 7.89. The summed E-state index contributed by atoms with van der Waals surface area (Å²) in [6.45, 7) is 1.82. The number of halogens is 2. The zero-order valence-corrected chi connectivity index (χ0v) is 29.6. The molecule has 276 valence electrons. The van der Waals surface area contributed by atoms with Crippen molar-refractivity contribution in [1.82, 2.24) is 34.3 Å². The minimum atomic E-state index is -3.44. The van der Waals surface area contributed by atoms with Crippen molar-refractivity contribution in [3.05, 3.63) is 41.3 Å². The van der Waals surface area contributed by atoms with Crippen LogP contribution >= 0.6 is 0 Å². The lowest BCUT2D eigenvalue weighted by Gasteiger charge is -2.49. The number of piperidine rings is 3. The van der Waals surface area contributed by atoms with Gasteiger partial charge < -0.3 is 14.8 Å². The third kappa shape index (κ3) is 7.71. The van der Waals surface area contributed by atoms with E-state index in [1.165, 1.54) is 18.0 Å². The van der Waals surface area contributed by atoms with Gasteiger partial charge in [0.1, 0.15) is 0 Å². The van der Waals surface area contributed by atoms with Crippen molar-refractivity contribution in [3.63, 3.8) is 0 Å². The number of ether oxygens (including phenoxy) is 2. The van der Waals surface area contributed by atoms with E-state index in [0.717, 1.165) is 29.3 Å². The largest absolute Gasteiger partial charge is 0.432 e. The molecule has 14 nitrogen and oxygen atoms in total. The Morgan fingerprint density at radius 1 is 1.08 bits per heavy atom.